The van der Waals surface area contributed by atoms with E-state index in [4.69, 9.17) is 13.3 Å². The van der Waals surface area contributed by atoms with Crippen molar-refractivity contribution in [2.75, 3.05) is 32.9 Å². The Kier molecular flexibility index (Phi) is 9.16. The Hall–Kier alpha value is 0.0569. The van der Waals surface area contributed by atoms with E-state index in [0.29, 0.717) is 19.8 Å². The molecular weight excluding hydrogens is 222 g/mol. The smallest absolute Gasteiger partial charge is 0.361 e. The van der Waals surface area contributed by atoms with Crippen LogP contribution in [0.5, 0.6) is 0 Å². The molecule has 0 saturated carbocycles. The summed E-state index contributed by atoms with van der Waals surface area (Å²) in [5.41, 5.74) is 0. The minimum absolute atomic E-state index is 0.631. The van der Waals surface area contributed by atoms with Gasteiger partial charge in [-0.1, -0.05) is 13.8 Å². The first-order valence-electron chi connectivity index (χ1n) is 6.37. The molecule has 0 rings (SSSR count). The van der Waals surface area contributed by atoms with Gasteiger partial charge in [-0.15, -0.1) is 0 Å². The number of hydrogen-bond donors (Lipinski definition) is 0. The highest BCUT2D eigenvalue weighted by Gasteiger charge is 2.47. The van der Waals surface area contributed by atoms with Crippen LogP contribution in [0, 0.1) is 0 Å². The molecule has 5 heteroatoms. The summed E-state index contributed by atoms with van der Waals surface area (Å²) in [6.45, 7) is 14.0. The molecule has 0 aromatic heterocycles. The van der Waals surface area contributed by atoms with Gasteiger partial charge < -0.3 is 13.3 Å². The predicted octanol–water partition coefficient (Wildman–Crippen LogP) is 2.26. The molecule has 0 atom stereocenters. The first-order chi connectivity index (χ1) is 7.70. The standard InChI is InChI=1S/C11H27NO3Si/c1-6-11-12(7-2)16(13-8-3,14-9-4)15-10-5/h6-11H2,1-5H3. The Morgan fingerprint density at radius 1 is 0.812 bits per heavy atom. The van der Waals surface area contributed by atoms with E-state index in [-0.39, 0.29) is 0 Å². The molecule has 0 N–H and O–H groups in total. The minimum atomic E-state index is -2.61. The summed E-state index contributed by atoms with van der Waals surface area (Å²) in [5.74, 6) is 0. The fourth-order valence-corrected chi connectivity index (χ4v) is 4.48. The predicted molar refractivity (Wildman–Crippen MR) is 68.2 cm³/mol. The molecule has 4 nitrogen and oxygen atoms in total. The molecule has 0 aliphatic carbocycles. The summed E-state index contributed by atoms with van der Waals surface area (Å²) in [6.07, 6.45) is 1.08. The minimum Gasteiger partial charge on any atom is -0.361 e. The number of rotatable bonds is 10. The van der Waals surface area contributed by atoms with Crippen LogP contribution in [0.15, 0.2) is 0 Å². The average molecular weight is 249 g/mol. The molecule has 0 heterocycles. The van der Waals surface area contributed by atoms with Crippen LogP contribution in [0.25, 0.3) is 0 Å². The van der Waals surface area contributed by atoms with Crippen molar-refractivity contribution in [3.8, 4) is 0 Å². The van der Waals surface area contributed by atoms with Crippen LogP contribution in [-0.2, 0) is 13.3 Å². The van der Waals surface area contributed by atoms with E-state index in [0.717, 1.165) is 19.5 Å². The molecule has 0 radical (unpaired) electrons. The fourth-order valence-electron chi connectivity index (χ4n) is 1.70. The van der Waals surface area contributed by atoms with E-state index in [2.05, 4.69) is 18.4 Å². The lowest BCUT2D eigenvalue weighted by molar-refractivity contribution is 0.0180. The molecule has 0 amide bonds. The average Bonchev–Trinajstić information content (AvgIpc) is 2.26. The van der Waals surface area contributed by atoms with Crippen molar-refractivity contribution in [3.63, 3.8) is 0 Å². The molecule has 0 aliphatic heterocycles. The third kappa shape index (κ3) is 4.51. The normalized spacial score (nSPS) is 12.4. The van der Waals surface area contributed by atoms with Gasteiger partial charge in [-0.2, -0.15) is 0 Å². The van der Waals surface area contributed by atoms with Crippen LogP contribution in [0.2, 0.25) is 0 Å². The van der Waals surface area contributed by atoms with Crippen LogP contribution in [0.1, 0.15) is 41.0 Å². The Bertz CT molecular complexity index is 152. The summed E-state index contributed by atoms with van der Waals surface area (Å²) in [7, 11) is -2.61. The Labute approximate surface area is 101 Å². The monoisotopic (exact) mass is 249 g/mol. The molecule has 0 aromatic carbocycles. The molecule has 16 heavy (non-hydrogen) atoms. The van der Waals surface area contributed by atoms with Gasteiger partial charge >= 0.3 is 8.97 Å². The van der Waals surface area contributed by atoms with Crippen molar-refractivity contribution in [3.05, 3.63) is 0 Å². The zero-order chi connectivity index (χ0) is 12.4. The van der Waals surface area contributed by atoms with Gasteiger partial charge in [0.25, 0.3) is 0 Å². The lowest BCUT2D eigenvalue weighted by Gasteiger charge is -2.36. The van der Waals surface area contributed by atoms with Crippen LogP contribution in [-0.4, -0.2) is 46.4 Å². The lowest BCUT2D eigenvalue weighted by Crippen LogP contribution is -2.61. The third-order valence-electron chi connectivity index (χ3n) is 2.24. The maximum Gasteiger partial charge on any atom is 0.599 e. The lowest BCUT2D eigenvalue weighted by atomic mass is 10.5. The molecular formula is C11H27NO3Si. The molecule has 0 aromatic rings. The second kappa shape index (κ2) is 9.12. The van der Waals surface area contributed by atoms with Gasteiger partial charge in [0.15, 0.2) is 0 Å². The van der Waals surface area contributed by atoms with Crippen LogP contribution in [0.3, 0.4) is 0 Å². The first-order valence-corrected chi connectivity index (χ1v) is 8.04. The van der Waals surface area contributed by atoms with Gasteiger partial charge in [0, 0.05) is 19.8 Å². The highest BCUT2D eigenvalue weighted by molar-refractivity contribution is 6.57. The molecule has 0 spiro atoms. The van der Waals surface area contributed by atoms with Crippen LogP contribution in [0.4, 0.5) is 0 Å². The van der Waals surface area contributed by atoms with Crippen LogP contribution >= 0.6 is 0 Å². The summed E-state index contributed by atoms with van der Waals surface area (Å²) in [4.78, 5) is 0. The maximum absolute atomic E-state index is 5.84. The Morgan fingerprint density at radius 2 is 1.25 bits per heavy atom. The number of hydrogen-bond acceptors (Lipinski definition) is 4. The Balaban J connectivity index is 4.78. The molecule has 0 aliphatic rings. The first kappa shape index (κ1) is 16.1. The van der Waals surface area contributed by atoms with Gasteiger partial charge in [-0.25, -0.2) is 0 Å². The quantitative estimate of drug-likeness (QED) is 0.556. The maximum atomic E-state index is 5.84. The highest BCUT2D eigenvalue weighted by atomic mass is 28.4. The molecule has 0 fully saturated rings. The number of nitrogens with zero attached hydrogens (tertiary/aromatic N) is 1. The third-order valence-corrected chi connectivity index (χ3v) is 5.52. The van der Waals surface area contributed by atoms with Crippen molar-refractivity contribution < 1.29 is 13.3 Å². The van der Waals surface area contributed by atoms with Crippen molar-refractivity contribution in [1.82, 2.24) is 4.57 Å². The molecule has 0 saturated heterocycles. The second-order valence-corrected chi connectivity index (χ2v) is 5.95. The summed E-state index contributed by atoms with van der Waals surface area (Å²) < 4.78 is 19.7. The second-order valence-electron chi connectivity index (χ2n) is 3.40. The van der Waals surface area contributed by atoms with Gasteiger partial charge in [-0.05, 0) is 40.3 Å². The molecule has 0 bridgehead atoms. The molecule has 0 unspecified atom stereocenters. The van der Waals surface area contributed by atoms with Gasteiger partial charge in [-0.3, -0.25) is 4.57 Å². The van der Waals surface area contributed by atoms with Gasteiger partial charge in [0.1, 0.15) is 0 Å². The van der Waals surface area contributed by atoms with E-state index in [9.17, 15) is 0 Å². The van der Waals surface area contributed by atoms with E-state index in [1.165, 1.54) is 0 Å². The van der Waals surface area contributed by atoms with Crippen molar-refractivity contribution in [2.24, 2.45) is 0 Å². The SMILES string of the molecule is CCCN(CC)[Si](OCC)(OCC)OCC. The summed E-state index contributed by atoms with van der Waals surface area (Å²) in [5, 5.41) is 0. The fraction of sp³-hybridized carbons (Fsp3) is 1.00. The summed E-state index contributed by atoms with van der Waals surface area (Å²) >= 11 is 0. The van der Waals surface area contributed by atoms with E-state index >= 15 is 0 Å². The van der Waals surface area contributed by atoms with E-state index in [1.54, 1.807) is 0 Å². The van der Waals surface area contributed by atoms with Crippen LogP contribution < -0.4 is 0 Å². The highest BCUT2D eigenvalue weighted by Crippen LogP contribution is 2.16. The van der Waals surface area contributed by atoms with Gasteiger partial charge in [0.05, 0.1) is 0 Å². The van der Waals surface area contributed by atoms with Crippen molar-refractivity contribution in [1.29, 1.82) is 0 Å². The van der Waals surface area contributed by atoms with E-state index in [1.807, 2.05) is 20.8 Å². The summed E-state index contributed by atoms with van der Waals surface area (Å²) in [6, 6.07) is 0. The topological polar surface area (TPSA) is 30.9 Å². The van der Waals surface area contributed by atoms with Crippen molar-refractivity contribution >= 4 is 8.97 Å². The van der Waals surface area contributed by atoms with Gasteiger partial charge in [0.2, 0.25) is 0 Å². The zero-order valence-electron chi connectivity index (χ0n) is 11.4. The Morgan fingerprint density at radius 3 is 1.50 bits per heavy atom. The largest absolute Gasteiger partial charge is 0.599 e. The van der Waals surface area contributed by atoms with Crippen molar-refractivity contribution in [2.45, 2.75) is 41.0 Å². The zero-order valence-corrected chi connectivity index (χ0v) is 12.4. The van der Waals surface area contributed by atoms with E-state index < -0.39 is 8.97 Å². The molecule has 98 valence electrons.